The number of halogens is 1. The molecule has 2 N–H and O–H groups in total. The molecule has 19 heavy (non-hydrogen) atoms. The highest BCUT2D eigenvalue weighted by molar-refractivity contribution is 9.10. The van der Waals surface area contributed by atoms with E-state index in [0.29, 0.717) is 0 Å². The Morgan fingerprint density at radius 2 is 1.89 bits per heavy atom. The molecule has 2 aromatic carbocycles. The van der Waals surface area contributed by atoms with Gasteiger partial charge in [-0.25, -0.2) is 0 Å². The van der Waals surface area contributed by atoms with Gasteiger partial charge >= 0.3 is 0 Å². The van der Waals surface area contributed by atoms with Gasteiger partial charge in [0.2, 0.25) is 0 Å². The molecular weight excluding hydrogens is 300 g/mol. The van der Waals surface area contributed by atoms with Gasteiger partial charge in [-0.15, -0.1) is 0 Å². The van der Waals surface area contributed by atoms with Crippen molar-refractivity contribution < 1.29 is 0 Å². The van der Waals surface area contributed by atoms with Crippen molar-refractivity contribution in [1.29, 1.82) is 0 Å². The van der Waals surface area contributed by atoms with E-state index in [1.54, 1.807) is 0 Å². The lowest BCUT2D eigenvalue weighted by Crippen LogP contribution is -2.29. The molecule has 0 saturated carbocycles. The fraction of sp³-hybridized carbons (Fsp3) is 0.250. The van der Waals surface area contributed by atoms with E-state index in [4.69, 9.17) is 5.73 Å². The van der Waals surface area contributed by atoms with E-state index >= 15 is 0 Å². The van der Waals surface area contributed by atoms with Crippen LogP contribution in [0, 0.1) is 0 Å². The Bertz CT molecular complexity index is 578. The number of fused-ring (bicyclic) bond motifs is 1. The normalized spacial score (nSPS) is 14.3. The van der Waals surface area contributed by atoms with Crippen LogP contribution in [0.15, 0.2) is 46.9 Å². The van der Waals surface area contributed by atoms with Crippen LogP contribution in [0.1, 0.15) is 17.5 Å². The van der Waals surface area contributed by atoms with Crippen LogP contribution in [-0.4, -0.2) is 6.54 Å². The lowest BCUT2D eigenvalue weighted by Gasteiger charge is -2.32. The summed E-state index contributed by atoms with van der Waals surface area (Å²) >= 11 is 3.48. The van der Waals surface area contributed by atoms with Crippen LogP contribution in [0.3, 0.4) is 0 Å². The lowest BCUT2D eigenvalue weighted by molar-refractivity contribution is 0.692. The Kier molecular flexibility index (Phi) is 3.47. The molecule has 0 spiro atoms. The third-order valence-corrected chi connectivity index (χ3v) is 4.20. The van der Waals surface area contributed by atoms with E-state index in [1.807, 2.05) is 12.1 Å². The fourth-order valence-electron chi connectivity index (χ4n) is 2.70. The van der Waals surface area contributed by atoms with Gasteiger partial charge < -0.3 is 10.6 Å². The van der Waals surface area contributed by atoms with Gasteiger partial charge in [0.15, 0.2) is 0 Å². The molecule has 0 fully saturated rings. The molecule has 0 saturated heterocycles. The molecule has 98 valence electrons. The minimum Gasteiger partial charge on any atom is -0.398 e. The smallest absolute Gasteiger partial charge is 0.0429 e. The highest BCUT2D eigenvalue weighted by atomic mass is 79.9. The number of benzene rings is 2. The molecule has 2 nitrogen and oxygen atoms in total. The monoisotopic (exact) mass is 316 g/mol. The zero-order valence-corrected chi connectivity index (χ0v) is 12.4. The van der Waals surface area contributed by atoms with Crippen LogP contribution in [0.25, 0.3) is 0 Å². The molecular formula is C16H17BrN2. The summed E-state index contributed by atoms with van der Waals surface area (Å²) in [4.78, 5) is 2.43. The first-order valence-corrected chi connectivity index (χ1v) is 7.40. The van der Waals surface area contributed by atoms with E-state index in [9.17, 15) is 0 Å². The zero-order chi connectivity index (χ0) is 13.2. The summed E-state index contributed by atoms with van der Waals surface area (Å²) in [5.41, 5.74) is 11.0. The summed E-state index contributed by atoms with van der Waals surface area (Å²) in [5, 5.41) is 0. The summed E-state index contributed by atoms with van der Waals surface area (Å²) in [6.07, 6.45) is 2.27. The molecule has 1 aliphatic rings. The number of nitrogens with zero attached hydrogens (tertiary/aromatic N) is 1. The van der Waals surface area contributed by atoms with Gasteiger partial charge in [-0.2, -0.15) is 0 Å². The second kappa shape index (κ2) is 5.25. The molecule has 0 atom stereocenters. The third kappa shape index (κ3) is 2.61. The van der Waals surface area contributed by atoms with E-state index in [-0.39, 0.29) is 0 Å². The quantitative estimate of drug-likeness (QED) is 0.849. The van der Waals surface area contributed by atoms with Crippen molar-refractivity contribution in [2.45, 2.75) is 19.4 Å². The summed E-state index contributed by atoms with van der Waals surface area (Å²) < 4.78 is 1.12. The SMILES string of the molecule is Nc1cccc2c1CCCN2Cc1ccc(Br)cc1. The molecule has 3 heteroatoms. The van der Waals surface area contributed by atoms with Gasteiger partial charge in [0, 0.05) is 28.9 Å². The van der Waals surface area contributed by atoms with Gasteiger partial charge in [-0.05, 0) is 48.2 Å². The number of nitrogen functional groups attached to an aromatic ring is 1. The van der Waals surface area contributed by atoms with Crippen LogP contribution < -0.4 is 10.6 Å². The molecule has 2 aromatic rings. The Hall–Kier alpha value is -1.48. The first kappa shape index (κ1) is 12.5. The third-order valence-electron chi connectivity index (χ3n) is 3.67. The Labute approximate surface area is 122 Å². The molecule has 0 unspecified atom stereocenters. The highest BCUT2D eigenvalue weighted by Gasteiger charge is 2.18. The second-order valence-corrected chi connectivity index (χ2v) is 5.91. The number of anilines is 2. The molecule has 0 aromatic heterocycles. The Balaban J connectivity index is 1.88. The van der Waals surface area contributed by atoms with Crippen LogP contribution in [-0.2, 0) is 13.0 Å². The van der Waals surface area contributed by atoms with Crippen molar-refractivity contribution in [3.05, 3.63) is 58.1 Å². The Morgan fingerprint density at radius 3 is 2.68 bits per heavy atom. The average Bonchev–Trinajstić information content (AvgIpc) is 2.43. The summed E-state index contributed by atoms with van der Waals surface area (Å²) in [7, 11) is 0. The predicted octanol–water partition coefficient (Wildman–Crippen LogP) is 3.98. The van der Waals surface area contributed by atoms with Gasteiger partial charge in [0.25, 0.3) is 0 Å². The van der Waals surface area contributed by atoms with Crippen LogP contribution in [0.5, 0.6) is 0 Å². The minimum absolute atomic E-state index is 0.929. The van der Waals surface area contributed by atoms with Crippen molar-refractivity contribution in [2.75, 3.05) is 17.2 Å². The highest BCUT2D eigenvalue weighted by Crippen LogP contribution is 2.32. The van der Waals surface area contributed by atoms with Gasteiger partial charge in [0.1, 0.15) is 0 Å². The zero-order valence-electron chi connectivity index (χ0n) is 10.8. The molecule has 1 heterocycles. The minimum atomic E-state index is 0.929. The van der Waals surface area contributed by atoms with E-state index in [2.05, 4.69) is 51.2 Å². The second-order valence-electron chi connectivity index (χ2n) is 5.00. The number of hydrogen-bond donors (Lipinski definition) is 1. The fourth-order valence-corrected chi connectivity index (χ4v) is 2.97. The van der Waals surface area contributed by atoms with Gasteiger partial charge in [-0.1, -0.05) is 34.1 Å². The maximum Gasteiger partial charge on any atom is 0.0429 e. The lowest BCUT2D eigenvalue weighted by atomic mass is 9.99. The van der Waals surface area contributed by atoms with Gasteiger partial charge in [0.05, 0.1) is 0 Å². The van der Waals surface area contributed by atoms with Crippen molar-refractivity contribution in [1.82, 2.24) is 0 Å². The van der Waals surface area contributed by atoms with Gasteiger partial charge in [-0.3, -0.25) is 0 Å². The number of nitrogens with two attached hydrogens (primary N) is 1. The summed E-state index contributed by atoms with van der Waals surface area (Å²) in [5.74, 6) is 0. The van der Waals surface area contributed by atoms with Crippen molar-refractivity contribution in [3.8, 4) is 0 Å². The topological polar surface area (TPSA) is 29.3 Å². The summed E-state index contributed by atoms with van der Waals surface area (Å²) in [6.45, 7) is 2.05. The maximum absolute atomic E-state index is 6.08. The van der Waals surface area contributed by atoms with Crippen molar-refractivity contribution in [3.63, 3.8) is 0 Å². The molecule has 0 radical (unpaired) electrons. The van der Waals surface area contributed by atoms with Crippen LogP contribution in [0.2, 0.25) is 0 Å². The van der Waals surface area contributed by atoms with E-state index < -0.39 is 0 Å². The first-order valence-electron chi connectivity index (χ1n) is 6.61. The number of rotatable bonds is 2. The molecule has 0 bridgehead atoms. The number of hydrogen-bond acceptors (Lipinski definition) is 2. The average molecular weight is 317 g/mol. The van der Waals surface area contributed by atoms with Crippen LogP contribution in [0.4, 0.5) is 11.4 Å². The molecule has 0 aliphatic carbocycles. The van der Waals surface area contributed by atoms with E-state index in [0.717, 1.165) is 29.7 Å². The van der Waals surface area contributed by atoms with Crippen molar-refractivity contribution in [2.24, 2.45) is 0 Å². The molecule has 3 rings (SSSR count). The first-order chi connectivity index (χ1) is 9.24. The van der Waals surface area contributed by atoms with E-state index in [1.165, 1.54) is 23.2 Å². The molecule has 0 amide bonds. The predicted molar refractivity (Wildman–Crippen MR) is 84.4 cm³/mol. The Morgan fingerprint density at radius 1 is 1.11 bits per heavy atom. The standard InChI is InChI=1S/C16H17BrN2/c17-13-8-6-12(7-9-13)11-19-10-2-3-14-15(18)4-1-5-16(14)19/h1,4-9H,2-3,10-11,18H2. The summed E-state index contributed by atoms with van der Waals surface area (Å²) in [6, 6.07) is 14.8. The maximum atomic E-state index is 6.08. The van der Waals surface area contributed by atoms with Crippen LogP contribution >= 0.6 is 15.9 Å². The largest absolute Gasteiger partial charge is 0.398 e. The molecule has 1 aliphatic heterocycles. The van der Waals surface area contributed by atoms with Crippen molar-refractivity contribution >= 4 is 27.3 Å².